The van der Waals surface area contributed by atoms with Crippen molar-refractivity contribution in [3.8, 4) is 0 Å². The van der Waals surface area contributed by atoms with Gasteiger partial charge in [-0.2, -0.15) is 0 Å². The van der Waals surface area contributed by atoms with E-state index in [1.165, 1.54) is 24.8 Å². The Morgan fingerprint density at radius 1 is 1.15 bits per heavy atom. The second-order valence-electron chi connectivity index (χ2n) is 7.02. The quantitative estimate of drug-likeness (QED) is 0.831. The molecular formula is C18H30N2. The molecule has 0 aliphatic carbocycles. The average molecular weight is 274 g/mol. The van der Waals surface area contributed by atoms with E-state index in [1.54, 1.807) is 0 Å². The summed E-state index contributed by atoms with van der Waals surface area (Å²) in [6.07, 6.45) is 3.69. The van der Waals surface area contributed by atoms with Gasteiger partial charge in [0.05, 0.1) is 0 Å². The molecule has 1 aliphatic rings. The van der Waals surface area contributed by atoms with Gasteiger partial charge in [0, 0.05) is 18.5 Å². The molecule has 20 heavy (non-hydrogen) atoms. The van der Waals surface area contributed by atoms with Crippen molar-refractivity contribution in [2.45, 2.75) is 45.4 Å². The second kappa shape index (κ2) is 6.73. The molecule has 2 rings (SSSR count). The molecule has 0 amide bonds. The molecule has 1 aromatic rings. The summed E-state index contributed by atoms with van der Waals surface area (Å²) in [5.41, 5.74) is 2.21. The molecule has 1 aliphatic heterocycles. The number of nitrogens with one attached hydrogen (secondary N) is 2. The van der Waals surface area contributed by atoms with Crippen LogP contribution in [0.1, 0.15) is 45.6 Å². The van der Waals surface area contributed by atoms with E-state index in [0.717, 1.165) is 26.2 Å². The van der Waals surface area contributed by atoms with Crippen LogP contribution in [0.25, 0.3) is 0 Å². The molecule has 0 aromatic heterocycles. The van der Waals surface area contributed by atoms with Crippen molar-refractivity contribution in [3.63, 3.8) is 0 Å². The number of benzene rings is 1. The summed E-state index contributed by atoms with van der Waals surface area (Å²) in [5.74, 6) is 0. The van der Waals surface area contributed by atoms with Crippen molar-refractivity contribution in [2.24, 2.45) is 5.41 Å². The standard InChI is InChI=1S/C18H30N2/c1-4-17(2,3)14-20-15-18(10-12-19-13-11-18)16-8-6-5-7-9-16/h5-9,19-20H,4,10-15H2,1-3H3. The van der Waals surface area contributed by atoms with Crippen molar-refractivity contribution < 1.29 is 0 Å². The zero-order valence-corrected chi connectivity index (χ0v) is 13.3. The SMILES string of the molecule is CCC(C)(C)CNCC1(c2ccccc2)CCNCC1. The molecule has 0 saturated carbocycles. The fourth-order valence-electron chi connectivity index (χ4n) is 3.03. The van der Waals surface area contributed by atoms with E-state index in [-0.39, 0.29) is 0 Å². The minimum Gasteiger partial charge on any atom is -0.317 e. The number of rotatable bonds is 6. The molecule has 1 heterocycles. The van der Waals surface area contributed by atoms with Crippen LogP contribution in [0.4, 0.5) is 0 Å². The predicted octanol–water partition coefficient (Wildman–Crippen LogP) is 3.33. The lowest BCUT2D eigenvalue weighted by Gasteiger charge is -2.39. The van der Waals surface area contributed by atoms with E-state index in [9.17, 15) is 0 Å². The summed E-state index contributed by atoms with van der Waals surface area (Å²) >= 11 is 0. The van der Waals surface area contributed by atoms with Crippen LogP contribution in [0.2, 0.25) is 0 Å². The third-order valence-corrected chi connectivity index (χ3v) is 4.97. The first-order valence-corrected chi connectivity index (χ1v) is 8.05. The predicted molar refractivity (Wildman–Crippen MR) is 87.2 cm³/mol. The highest BCUT2D eigenvalue weighted by Gasteiger charge is 2.33. The van der Waals surface area contributed by atoms with Gasteiger partial charge in [-0.25, -0.2) is 0 Å². The Labute approximate surface area is 124 Å². The van der Waals surface area contributed by atoms with E-state index in [2.05, 4.69) is 61.7 Å². The van der Waals surface area contributed by atoms with Crippen LogP contribution in [0.5, 0.6) is 0 Å². The molecule has 2 nitrogen and oxygen atoms in total. The highest BCUT2D eigenvalue weighted by atomic mass is 14.9. The molecule has 0 atom stereocenters. The summed E-state index contributed by atoms with van der Waals surface area (Å²) < 4.78 is 0. The van der Waals surface area contributed by atoms with Crippen molar-refractivity contribution in [3.05, 3.63) is 35.9 Å². The zero-order valence-electron chi connectivity index (χ0n) is 13.3. The van der Waals surface area contributed by atoms with Crippen molar-refractivity contribution in [1.82, 2.24) is 10.6 Å². The molecular weight excluding hydrogens is 244 g/mol. The summed E-state index contributed by atoms with van der Waals surface area (Å²) in [6, 6.07) is 11.1. The van der Waals surface area contributed by atoms with Crippen LogP contribution in [0.15, 0.2) is 30.3 Å². The Balaban J connectivity index is 2.05. The monoisotopic (exact) mass is 274 g/mol. The van der Waals surface area contributed by atoms with E-state index in [1.807, 2.05) is 0 Å². The topological polar surface area (TPSA) is 24.1 Å². The van der Waals surface area contributed by atoms with E-state index in [4.69, 9.17) is 0 Å². The maximum absolute atomic E-state index is 3.76. The molecule has 2 N–H and O–H groups in total. The van der Waals surface area contributed by atoms with Gasteiger partial charge >= 0.3 is 0 Å². The van der Waals surface area contributed by atoms with Crippen LogP contribution in [0.3, 0.4) is 0 Å². The second-order valence-corrected chi connectivity index (χ2v) is 7.02. The van der Waals surface area contributed by atoms with Gasteiger partial charge in [0.2, 0.25) is 0 Å². The number of piperidine rings is 1. The molecule has 0 bridgehead atoms. The highest BCUT2D eigenvalue weighted by molar-refractivity contribution is 5.27. The third kappa shape index (κ3) is 3.83. The van der Waals surface area contributed by atoms with E-state index in [0.29, 0.717) is 10.8 Å². The Hall–Kier alpha value is -0.860. The Kier molecular flexibility index (Phi) is 5.22. The van der Waals surface area contributed by atoms with E-state index >= 15 is 0 Å². The van der Waals surface area contributed by atoms with E-state index < -0.39 is 0 Å². The number of hydrogen-bond donors (Lipinski definition) is 2. The minimum absolute atomic E-state index is 0.316. The van der Waals surface area contributed by atoms with Crippen molar-refractivity contribution in [1.29, 1.82) is 0 Å². The van der Waals surface area contributed by atoms with Gasteiger partial charge in [-0.3, -0.25) is 0 Å². The van der Waals surface area contributed by atoms with Crippen LogP contribution in [0, 0.1) is 5.41 Å². The first kappa shape index (κ1) is 15.5. The first-order chi connectivity index (χ1) is 9.58. The molecule has 112 valence electrons. The number of hydrogen-bond acceptors (Lipinski definition) is 2. The minimum atomic E-state index is 0.316. The summed E-state index contributed by atoms with van der Waals surface area (Å²) in [4.78, 5) is 0. The summed E-state index contributed by atoms with van der Waals surface area (Å²) in [6.45, 7) is 11.4. The summed E-state index contributed by atoms with van der Waals surface area (Å²) in [5, 5.41) is 7.26. The molecule has 2 heteroatoms. The van der Waals surface area contributed by atoms with Gasteiger partial charge < -0.3 is 10.6 Å². The third-order valence-electron chi connectivity index (χ3n) is 4.97. The lowest BCUT2D eigenvalue weighted by molar-refractivity contribution is 0.262. The molecule has 1 saturated heterocycles. The Morgan fingerprint density at radius 3 is 2.40 bits per heavy atom. The van der Waals surface area contributed by atoms with Gasteiger partial charge in [-0.15, -0.1) is 0 Å². The fraction of sp³-hybridized carbons (Fsp3) is 0.667. The largest absolute Gasteiger partial charge is 0.317 e. The maximum atomic E-state index is 3.76. The lowest BCUT2D eigenvalue weighted by Crippen LogP contribution is -2.47. The fourth-order valence-corrected chi connectivity index (χ4v) is 3.03. The van der Waals surface area contributed by atoms with Crippen molar-refractivity contribution >= 4 is 0 Å². The Morgan fingerprint density at radius 2 is 1.80 bits per heavy atom. The highest BCUT2D eigenvalue weighted by Crippen LogP contribution is 2.33. The van der Waals surface area contributed by atoms with Crippen LogP contribution < -0.4 is 10.6 Å². The Bertz CT molecular complexity index is 391. The summed E-state index contributed by atoms with van der Waals surface area (Å²) in [7, 11) is 0. The molecule has 0 radical (unpaired) electrons. The lowest BCUT2D eigenvalue weighted by atomic mass is 9.73. The molecule has 0 unspecified atom stereocenters. The maximum Gasteiger partial charge on any atom is 0.0102 e. The van der Waals surface area contributed by atoms with Gasteiger partial charge in [0.25, 0.3) is 0 Å². The van der Waals surface area contributed by atoms with Gasteiger partial charge in [0.15, 0.2) is 0 Å². The smallest absolute Gasteiger partial charge is 0.0102 e. The molecule has 1 fully saturated rings. The van der Waals surface area contributed by atoms with Crippen LogP contribution >= 0.6 is 0 Å². The normalized spacial score (nSPS) is 18.9. The molecule has 1 aromatic carbocycles. The average Bonchev–Trinajstić information content (AvgIpc) is 2.49. The van der Waals surface area contributed by atoms with Gasteiger partial charge in [0.1, 0.15) is 0 Å². The van der Waals surface area contributed by atoms with Crippen LogP contribution in [-0.4, -0.2) is 26.2 Å². The van der Waals surface area contributed by atoms with Gasteiger partial charge in [-0.1, -0.05) is 51.1 Å². The van der Waals surface area contributed by atoms with Crippen molar-refractivity contribution in [2.75, 3.05) is 26.2 Å². The molecule has 0 spiro atoms. The first-order valence-electron chi connectivity index (χ1n) is 8.05. The van der Waals surface area contributed by atoms with Gasteiger partial charge in [-0.05, 0) is 43.3 Å². The zero-order chi connectivity index (χ0) is 14.5. The van der Waals surface area contributed by atoms with Crippen LogP contribution in [-0.2, 0) is 5.41 Å².